The van der Waals surface area contributed by atoms with Gasteiger partial charge in [-0.3, -0.25) is 14.5 Å². The second-order valence-corrected chi connectivity index (χ2v) is 14.1. The number of methoxy groups -OCH3 is 2. The number of rotatable bonds is 14. The molecule has 4 aliphatic rings. The fourth-order valence-electron chi connectivity index (χ4n) is 6.48. The van der Waals surface area contributed by atoms with E-state index in [9.17, 15) is 14.4 Å². The van der Waals surface area contributed by atoms with Gasteiger partial charge in [0.2, 0.25) is 5.91 Å². The molecule has 15 heteroatoms. The molecule has 0 aromatic heterocycles. The molecule has 0 radical (unpaired) electrons. The Balaban J connectivity index is 1.62. The lowest BCUT2D eigenvalue weighted by molar-refractivity contribution is -0.223. The van der Waals surface area contributed by atoms with Gasteiger partial charge in [-0.25, -0.2) is 4.79 Å². The molecule has 0 aliphatic carbocycles. The van der Waals surface area contributed by atoms with Gasteiger partial charge in [-0.1, -0.05) is 18.7 Å². The molecule has 272 valence electrons. The molecule has 0 aromatic carbocycles. The number of nitrogens with one attached hydrogen (secondary N) is 1. The van der Waals surface area contributed by atoms with Crippen molar-refractivity contribution in [2.75, 3.05) is 27.4 Å². The summed E-state index contributed by atoms with van der Waals surface area (Å²) in [6.45, 7) is 19.7. The topological polar surface area (TPSA) is 159 Å². The van der Waals surface area contributed by atoms with E-state index in [1.807, 2.05) is 0 Å². The van der Waals surface area contributed by atoms with Crippen LogP contribution in [0, 0.1) is 0 Å². The molecule has 10 atom stereocenters. The van der Waals surface area contributed by atoms with Crippen LogP contribution in [0.4, 0.5) is 4.79 Å². The number of hydrogen-bond acceptors (Lipinski definition) is 13. The van der Waals surface area contributed by atoms with Gasteiger partial charge in [-0.05, 0) is 48.5 Å². The molecule has 48 heavy (non-hydrogen) atoms. The Morgan fingerprint density at radius 2 is 1.40 bits per heavy atom. The van der Waals surface area contributed by atoms with Crippen molar-refractivity contribution in [1.82, 2.24) is 10.2 Å². The largest absolute Gasteiger partial charge is 0.461 e. The van der Waals surface area contributed by atoms with Crippen molar-refractivity contribution in [2.24, 2.45) is 0 Å². The standard InChI is InChI=1S/C33H52N2O13/c1-12-14-35(30(38)48-31(3,4)5)19(23-25(40-11)27-29(43-23)47-33(8,9)45-27)17-20(36)34-18(16-21(37)41-15-13-2)22-24(39-10)26-28(42-22)46-32(6,7)44-26/h12-13,18-19,22-29H,1-2,14-17H2,3-11H3,(H,34,36)/t18-,19-,22+,23+,24-,25-,26+,27+,28+,29+/m0/s1. The van der Waals surface area contributed by atoms with Crippen LogP contribution in [-0.4, -0.2) is 129 Å². The van der Waals surface area contributed by atoms with Gasteiger partial charge in [0, 0.05) is 27.2 Å². The van der Waals surface area contributed by atoms with Crippen molar-refractivity contribution in [1.29, 1.82) is 0 Å². The average Bonchev–Trinajstić information content (AvgIpc) is 3.65. The van der Waals surface area contributed by atoms with Gasteiger partial charge in [0.1, 0.15) is 48.8 Å². The number of hydrogen-bond donors (Lipinski definition) is 1. The Morgan fingerprint density at radius 1 is 0.854 bits per heavy atom. The van der Waals surface area contributed by atoms with Crippen molar-refractivity contribution in [3.05, 3.63) is 25.3 Å². The van der Waals surface area contributed by atoms with Crippen molar-refractivity contribution >= 4 is 18.0 Å². The van der Waals surface area contributed by atoms with Crippen LogP contribution in [0.1, 0.15) is 61.3 Å². The van der Waals surface area contributed by atoms with E-state index >= 15 is 0 Å². The molecular formula is C33H52N2O13. The summed E-state index contributed by atoms with van der Waals surface area (Å²) in [6.07, 6.45) is -4.28. The molecule has 0 unspecified atom stereocenters. The molecule has 0 saturated carbocycles. The molecule has 4 saturated heterocycles. The van der Waals surface area contributed by atoms with Crippen molar-refractivity contribution in [2.45, 2.75) is 140 Å². The zero-order valence-corrected chi connectivity index (χ0v) is 29.4. The first kappa shape index (κ1) is 38.2. The van der Waals surface area contributed by atoms with Crippen molar-refractivity contribution in [3.8, 4) is 0 Å². The van der Waals surface area contributed by atoms with Crippen LogP contribution in [0.15, 0.2) is 25.3 Å². The molecule has 1 N–H and O–H groups in total. The highest BCUT2D eigenvalue weighted by atomic mass is 16.9. The molecule has 15 nitrogen and oxygen atoms in total. The Bertz CT molecular complexity index is 1190. The highest BCUT2D eigenvalue weighted by Gasteiger charge is 2.59. The minimum absolute atomic E-state index is 0.0143. The van der Waals surface area contributed by atoms with Gasteiger partial charge in [-0.15, -0.1) is 6.58 Å². The zero-order valence-electron chi connectivity index (χ0n) is 29.4. The second kappa shape index (κ2) is 15.1. The summed E-state index contributed by atoms with van der Waals surface area (Å²) in [4.78, 5) is 41.9. The molecule has 4 heterocycles. The number of ether oxygens (including phenoxy) is 10. The average molecular weight is 685 g/mol. The summed E-state index contributed by atoms with van der Waals surface area (Å²) < 4.78 is 59.1. The van der Waals surface area contributed by atoms with E-state index in [-0.39, 0.29) is 26.0 Å². The number of carbonyl (C=O) groups is 3. The smallest absolute Gasteiger partial charge is 0.410 e. The Hall–Kier alpha value is -2.63. The van der Waals surface area contributed by atoms with Gasteiger partial charge in [0.15, 0.2) is 24.2 Å². The van der Waals surface area contributed by atoms with Crippen LogP contribution in [0.25, 0.3) is 0 Å². The first-order valence-corrected chi connectivity index (χ1v) is 16.2. The number of amides is 2. The third-order valence-electron chi connectivity index (χ3n) is 8.22. The summed E-state index contributed by atoms with van der Waals surface area (Å²) >= 11 is 0. The Morgan fingerprint density at radius 3 is 1.90 bits per heavy atom. The lowest BCUT2D eigenvalue weighted by Gasteiger charge is -2.38. The fourth-order valence-corrected chi connectivity index (χ4v) is 6.48. The molecular weight excluding hydrogens is 632 g/mol. The van der Waals surface area contributed by atoms with Gasteiger partial charge in [-0.2, -0.15) is 0 Å². The number of nitrogens with zero attached hydrogens (tertiary/aromatic N) is 1. The minimum Gasteiger partial charge on any atom is -0.461 e. The molecule has 2 amide bonds. The van der Waals surface area contributed by atoms with E-state index in [2.05, 4.69) is 18.5 Å². The molecule has 4 aliphatic heterocycles. The third kappa shape index (κ3) is 8.93. The van der Waals surface area contributed by atoms with Gasteiger partial charge >= 0.3 is 12.1 Å². The summed E-state index contributed by atoms with van der Waals surface area (Å²) in [5.41, 5.74) is -0.837. The highest BCUT2D eigenvalue weighted by Crippen LogP contribution is 2.42. The van der Waals surface area contributed by atoms with Crippen LogP contribution in [0.5, 0.6) is 0 Å². The quantitative estimate of drug-likeness (QED) is 0.210. The summed E-state index contributed by atoms with van der Waals surface area (Å²) in [5.74, 6) is -2.97. The van der Waals surface area contributed by atoms with Gasteiger partial charge < -0.3 is 52.7 Å². The minimum atomic E-state index is -0.952. The molecule has 4 rings (SSSR count). The first-order valence-electron chi connectivity index (χ1n) is 16.2. The first-order chi connectivity index (χ1) is 22.4. The van der Waals surface area contributed by atoms with Crippen molar-refractivity contribution < 1.29 is 61.8 Å². The highest BCUT2D eigenvalue weighted by molar-refractivity contribution is 5.79. The lowest BCUT2D eigenvalue weighted by Crippen LogP contribution is -2.56. The second-order valence-electron chi connectivity index (χ2n) is 14.1. The van der Waals surface area contributed by atoms with Crippen LogP contribution in [0.2, 0.25) is 0 Å². The predicted molar refractivity (Wildman–Crippen MR) is 168 cm³/mol. The number of esters is 1. The van der Waals surface area contributed by atoms with E-state index < -0.39 is 96.4 Å². The molecule has 4 fully saturated rings. The third-order valence-corrected chi connectivity index (χ3v) is 8.22. The molecule has 0 aromatic rings. The maximum Gasteiger partial charge on any atom is 0.410 e. The summed E-state index contributed by atoms with van der Waals surface area (Å²) in [7, 11) is 2.98. The van der Waals surface area contributed by atoms with Crippen molar-refractivity contribution in [3.63, 3.8) is 0 Å². The van der Waals surface area contributed by atoms with E-state index in [1.54, 1.807) is 48.5 Å². The SMILES string of the molecule is C=CCOC(=O)C[C@H](NC(=O)C[C@@H]([C@H]1O[C@@H]2OC(C)(C)O[C@@H]2[C@H]1OC)N(CC=C)C(=O)OC(C)(C)C)[C@H]1O[C@@H]2OC(C)(C)O[C@@H]2[C@H]1OC. The maximum atomic E-state index is 14.1. The Kier molecular flexibility index (Phi) is 12.0. The normalized spacial score (nSPS) is 32.9. The van der Waals surface area contributed by atoms with Gasteiger partial charge in [0.25, 0.3) is 0 Å². The summed E-state index contributed by atoms with van der Waals surface area (Å²) in [5, 5.41) is 2.93. The number of carbonyl (C=O) groups excluding carboxylic acids is 3. The van der Waals surface area contributed by atoms with E-state index in [4.69, 9.17) is 47.4 Å². The molecule has 0 spiro atoms. The van der Waals surface area contributed by atoms with E-state index in [0.717, 1.165) is 0 Å². The predicted octanol–water partition coefficient (Wildman–Crippen LogP) is 2.56. The van der Waals surface area contributed by atoms with Crippen LogP contribution < -0.4 is 5.32 Å². The van der Waals surface area contributed by atoms with Crippen LogP contribution >= 0.6 is 0 Å². The zero-order chi connectivity index (χ0) is 35.6. The maximum absolute atomic E-state index is 14.1. The molecule has 0 bridgehead atoms. The lowest BCUT2D eigenvalue weighted by atomic mass is 9.97. The van der Waals surface area contributed by atoms with Crippen LogP contribution in [0.3, 0.4) is 0 Å². The summed E-state index contributed by atoms with van der Waals surface area (Å²) in [6, 6.07) is -1.89. The Labute approximate surface area is 282 Å². The van der Waals surface area contributed by atoms with Crippen LogP contribution in [-0.2, 0) is 57.0 Å². The monoisotopic (exact) mass is 684 g/mol. The van der Waals surface area contributed by atoms with E-state index in [0.29, 0.717) is 0 Å². The van der Waals surface area contributed by atoms with Gasteiger partial charge in [0.05, 0.1) is 18.5 Å². The van der Waals surface area contributed by atoms with E-state index in [1.165, 1.54) is 31.3 Å². The fraction of sp³-hybridized carbons (Fsp3) is 0.788. The number of fused-ring (bicyclic) bond motifs is 2.